The van der Waals surface area contributed by atoms with Gasteiger partial charge in [-0.2, -0.15) is 5.10 Å². The second kappa shape index (κ2) is 7.47. The highest BCUT2D eigenvalue weighted by Gasteiger charge is 2.24. The summed E-state index contributed by atoms with van der Waals surface area (Å²) in [6.45, 7) is 2.41. The van der Waals surface area contributed by atoms with Crippen molar-refractivity contribution >= 4 is 34.1 Å². The van der Waals surface area contributed by atoms with Crippen LogP contribution in [0.4, 0.5) is 5.95 Å². The van der Waals surface area contributed by atoms with Crippen LogP contribution in [-0.2, 0) is 6.54 Å². The number of phenols is 1. The van der Waals surface area contributed by atoms with Gasteiger partial charge in [0, 0.05) is 5.92 Å². The standard InChI is InChI=1S/C22H19N5O2S/c1-12-16(28)8-9-18-21(12)26-19(30-18)11-23-22-25-15(10-24-27-22)20-14-5-3-2-4-13(14)6-7-17(20)29/h2-10,12,16,28-29H,11H2,1H3,(H,23,25,27). The first-order chi connectivity index (χ1) is 14.6. The number of fused-ring (bicyclic) bond motifs is 2. The van der Waals surface area contributed by atoms with Crippen molar-refractivity contribution in [3.05, 3.63) is 64.2 Å². The van der Waals surface area contributed by atoms with Crippen molar-refractivity contribution < 1.29 is 10.2 Å². The number of nitrogens with one attached hydrogen (secondary N) is 1. The summed E-state index contributed by atoms with van der Waals surface area (Å²) in [6.07, 6.45) is 4.76. The number of aliphatic hydroxyl groups excluding tert-OH is 1. The first-order valence-corrected chi connectivity index (χ1v) is 10.4. The number of aliphatic hydroxyl groups is 1. The lowest BCUT2D eigenvalue weighted by molar-refractivity contribution is 0.194. The summed E-state index contributed by atoms with van der Waals surface area (Å²) in [7, 11) is 0. The van der Waals surface area contributed by atoms with Crippen LogP contribution in [0.1, 0.15) is 28.4 Å². The monoisotopic (exact) mass is 417 g/mol. The van der Waals surface area contributed by atoms with E-state index in [1.165, 1.54) is 0 Å². The van der Waals surface area contributed by atoms with E-state index in [0.29, 0.717) is 23.8 Å². The summed E-state index contributed by atoms with van der Waals surface area (Å²) in [6, 6.07) is 11.4. The Bertz CT molecular complexity index is 1270. The minimum atomic E-state index is -0.502. The molecule has 0 amide bonds. The molecular formula is C22H19N5O2S. The van der Waals surface area contributed by atoms with Crippen LogP contribution < -0.4 is 5.32 Å². The molecule has 0 fully saturated rings. The van der Waals surface area contributed by atoms with E-state index in [2.05, 4.69) is 25.5 Å². The first kappa shape index (κ1) is 18.7. The summed E-state index contributed by atoms with van der Waals surface area (Å²) < 4.78 is 0. The van der Waals surface area contributed by atoms with E-state index >= 15 is 0 Å². The van der Waals surface area contributed by atoms with Crippen LogP contribution in [0.5, 0.6) is 5.75 Å². The molecule has 2 unspecified atom stereocenters. The van der Waals surface area contributed by atoms with Gasteiger partial charge in [0.25, 0.3) is 0 Å². The topological polar surface area (TPSA) is 104 Å². The molecule has 2 aromatic carbocycles. The van der Waals surface area contributed by atoms with Crippen LogP contribution in [0.25, 0.3) is 28.1 Å². The molecule has 5 rings (SSSR count). The lowest BCUT2D eigenvalue weighted by Gasteiger charge is -2.17. The molecule has 1 aliphatic rings. The number of rotatable bonds is 4. The summed E-state index contributed by atoms with van der Waals surface area (Å²) in [5.74, 6) is 0.481. The molecule has 2 heterocycles. The number of benzene rings is 2. The molecule has 0 radical (unpaired) electrons. The van der Waals surface area contributed by atoms with Crippen molar-refractivity contribution in [2.75, 3.05) is 5.32 Å². The van der Waals surface area contributed by atoms with E-state index in [4.69, 9.17) is 0 Å². The summed E-state index contributed by atoms with van der Waals surface area (Å²) in [4.78, 5) is 10.3. The number of nitrogens with zero attached hydrogens (tertiary/aromatic N) is 4. The molecule has 3 N–H and O–H groups in total. The normalized spacial score (nSPS) is 17.8. The van der Waals surface area contributed by atoms with Gasteiger partial charge in [-0.05, 0) is 22.9 Å². The number of hydrogen-bond acceptors (Lipinski definition) is 8. The Kier molecular flexibility index (Phi) is 4.65. The fourth-order valence-electron chi connectivity index (χ4n) is 3.61. The van der Waals surface area contributed by atoms with Crippen molar-refractivity contribution in [3.8, 4) is 17.0 Å². The molecule has 8 heteroatoms. The molecule has 2 aromatic heterocycles. The van der Waals surface area contributed by atoms with Crippen LogP contribution in [-0.4, -0.2) is 36.5 Å². The van der Waals surface area contributed by atoms with E-state index in [1.807, 2.05) is 43.3 Å². The third kappa shape index (κ3) is 3.30. The van der Waals surface area contributed by atoms with Gasteiger partial charge < -0.3 is 15.5 Å². The van der Waals surface area contributed by atoms with E-state index in [1.54, 1.807) is 29.7 Å². The number of hydrogen-bond donors (Lipinski definition) is 3. The highest BCUT2D eigenvalue weighted by Crippen LogP contribution is 2.35. The molecule has 0 spiro atoms. The minimum absolute atomic E-state index is 0.0226. The Morgan fingerprint density at radius 3 is 2.90 bits per heavy atom. The van der Waals surface area contributed by atoms with Gasteiger partial charge in [0.05, 0.1) is 40.7 Å². The zero-order valence-corrected chi connectivity index (χ0v) is 17.0. The Morgan fingerprint density at radius 1 is 1.13 bits per heavy atom. The maximum absolute atomic E-state index is 10.5. The maximum atomic E-state index is 10.5. The van der Waals surface area contributed by atoms with Crippen LogP contribution in [0, 0.1) is 0 Å². The van der Waals surface area contributed by atoms with Gasteiger partial charge in [0.15, 0.2) is 0 Å². The predicted octanol–water partition coefficient (Wildman–Crippen LogP) is 3.96. The van der Waals surface area contributed by atoms with Crippen molar-refractivity contribution in [2.24, 2.45) is 0 Å². The van der Waals surface area contributed by atoms with E-state index in [-0.39, 0.29) is 11.7 Å². The third-order valence-electron chi connectivity index (χ3n) is 5.23. The van der Waals surface area contributed by atoms with E-state index < -0.39 is 6.10 Å². The first-order valence-electron chi connectivity index (χ1n) is 9.60. The zero-order valence-electron chi connectivity index (χ0n) is 16.1. The van der Waals surface area contributed by atoms with Crippen molar-refractivity contribution in [2.45, 2.75) is 25.5 Å². The average molecular weight is 417 g/mol. The molecule has 2 atom stereocenters. The molecule has 30 heavy (non-hydrogen) atoms. The highest BCUT2D eigenvalue weighted by molar-refractivity contribution is 7.12. The van der Waals surface area contributed by atoms with Crippen LogP contribution in [0.2, 0.25) is 0 Å². The number of thiazole rings is 1. The Balaban J connectivity index is 1.42. The van der Waals surface area contributed by atoms with Gasteiger partial charge in [-0.3, -0.25) is 0 Å². The van der Waals surface area contributed by atoms with Crippen molar-refractivity contribution in [3.63, 3.8) is 0 Å². The van der Waals surface area contributed by atoms with E-state index in [0.717, 1.165) is 26.4 Å². The summed E-state index contributed by atoms with van der Waals surface area (Å²) in [5.41, 5.74) is 2.09. The summed E-state index contributed by atoms with van der Waals surface area (Å²) in [5, 5.41) is 34.5. The fraction of sp³-hybridized carbons (Fsp3) is 0.182. The minimum Gasteiger partial charge on any atom is -0.507 e. The molecule has 4 aromatic rings. The smallest absolute Gasteiger partial charge is 0.243 e. The zero-order chi connectivity index (χ0) is 20.7. The number of aromatic nitrogens is 4. The van der Waals surface area contributed by atoms with Crippen LogP contribution in [0.15, 0.2) is 48.7 Å². The molecule has 150 valence electrons. The largest absolute Gasteiger partial charge is 0.507 e. The Hall–Kier alpha value is -3.36. The quantitative estimate of drug-likeness (QED) is 0.462. The average Bonchev–Trinajstić information content (AvgIpc) is 3.19. The molecule has 0 saturated heterocycles. The number of phenolic OH excluding ortho intramolecular Hbond substituents is 1. The highest BCUT2D eigenvalue weighted by atomic mass is 32.1. The molecule has 1 aliphatic carbocycles. The van der Waals surface area contributed by atoms with Gasteiger partial charge >= 0.3 is 0 Å². The predicted molar refractivity (Wildman–Crippen MR) is 117 cm³/mol. The second-order valence-corrected chi connectivity index (χ2v) is 8.31. The van der Waals surface area contributed by atoms with Crippen LogP contribution >= 0.6 is 11.3 Å². The Labute approximate surface area is 176 Å². The summed E-state index contributed by atoms with van der Waals surface area (Å²) >= 11 is 1.58. The van der Waals surface area contributed by atoms with Gasteiger partial charge in [0.1, 0.15) is 10.8 Å². The lowest BCUT2D eigenvalue weighted by Crippen LogP contribution is -2.16. The molecular weight excluding hydrogens is 398 g/mol. The van der Waals surface area contributed by atoms with Gasteiger partial charge in [-0.15, -0.1) is 16.4 Å². The third-order valence-corrected chi connectivity index (χ3v) is 6.27. The maximum Gasteiger partial charge on any atom is 0.243 e. The molecule has 0 saturated carbocycles. The lowest BCUT2D eigenvalue weighted by atomic mass is 9.95. The van der Waals surface area contributed by atoms with Gasteiger partial charge in [0.2, 0.25) is 5.95 Å². The molecule has 0 aliphatic heterocycles. The molecule has 0 bridgehead atoms. The van der Waals surface area contributed by atoms with Gasteiger partial charge in [-0.1, -0.05) is 43.3 Å². The van der Waals surface area contributed by atoms with E-state index in [9.17, 15) is 10.2 Å². The SMILES string of the molecule is CC1c2nc(CNc3nncc(-c4c(O)ccc5ccccc45)n3)sc2C=CC1O. The number of anilines is 1. The Morgan fingerprint density at radius 2 is 2.00 bits per heavy atom. The van der Waals surface area contributed by atoms with Crippen molar-refractivity contribution in [1.82, 2.24) is 20.2 Å². The second-order valence-electron chi connectivity index (χ2n) is 7.20. The van der Waals surface area contributed by atoms with Gasteiger partial charge in [-0.25, -0.2) is 9.97 Å². The molecule has 7 nitrogen and oxygen atoms in total. The van der Waals surface area contributed by atoms with Crippen LogP contribution in [0.3, 0.4) is 0 Å². The fourth-order valence-corrected chi connectivity index (χ4v) is 4.63. The van der Waals surface area contributed by atoms with Crippen molar-refractivity contribution in [1.29, 1.82) is 0 Å². The number of aromatic hydroxyl groups is 1.